The predicted octanol–water partition coefficient (Wildman–Crippen LogP) is 5.97. The van der Waals surface area contributed by atoms with E-state index in [1.54, 1.807) is 24.3 Å². The Hall–Kier alpha value is -2.64. The number of rotatable bonds is 4. The molecule has 3 aromatic rings. The van der Waals surface area contributed by atoms with Crippen LogP contribution in [0.2, 0.25) is 0 Å². The molecule has 0 spiro atoms. The normalized spacial score (nSPS) is 19.2. The second kappa shape index (κ2) is 8.13. The molecule has 0 saturated carbocycles. The van der Waals surface area contributed by atoms with Gasteiger partial charge in [-0.3, -0.25) is 4.79 Å². The van der Waals surface area contributed by atoms with Crippen LogP contribution in [0.15, 0.2) is 80.8 Å². The number of hydrogen-bond donors (Lipinski definition) is 0. The number of halogens is 2. The second-order valence-electron chi connectivity index (χ2n) is 7.40. The third kappa shape index (κ3) is 3.77. The summed E-state index contributed by atoms with van der Waals surface area (Å²) in [4.78, 5) is 13.4. The number of benzene rings is 3. The standard InChI is InChI=1S/C24H18Br2N2O3/c1-30-18-9-4-14(5-10-18)20-13-21-19-12-17(26)8-11-22(19)31-24(28(21)27-20)23(29)15-2-6-16(25)7-3-15/h2-12,21,24H,13H2,1H3. The number of fused-ring (bicyclic) bond motifs is 3. The maximum Gasteiger partial charge on any atom is 0.251 e. The van der Waals surface area contributed by atoms with Crippen LogP contribution < -0.4 is 9.47 Å². The van der Waals surface area contributed by atoms with Crippen molar-refractivity contribution in [2.24, 2.45) is 5.10 Å². The summed E-state index contributed by atoms with van der Waals surface area (Å²) in [6, 6.07) is 20.9. The van der Waals surface area contributed by atoms with E-state index in [4.69, 9.17) is 14.6 Å². The lowest BCUT2D eigenvalue weighted by atomic mass is 9.96. The van der Waals surface area contributed by atoms with Gasteiger partial charge in [0.25, 0.3) is 6.23 Å². The molecule has 2 aliphatic rings. The Labute approximate surface area is 196 Å². The molecule has 156 valence electrons. The van der Waals surface area contributed by atoms with E-state index in [2.05, 4.69) is 31.9 Å². The molecule has 3 aromatic carbocycles. The van der Waals surface area contributed by atoms with Crippen LogP contribution in [0, 0.1) is 0 Å². The summed E-state index contributed by atoms with van der Waals surface area (Å²) in [5.41, 5.74) is 3.52. The van der Waals surface area contributed by atoms with Gasteiger partial charge in [0, 0.05) is 26.5 Å². The largest absolute Gasteiger partial charge is 0.497 e. The Morgan fingerprint density at radius 2 is 1.74 bits per heavy atom. The molecule has 2 unspecified atom stereocenters. The lowest BCUT2D eigenvalue weighted by molar-refractivity contribution is -0.00459. The molecule has 0 amide bonds. The van der Waals surface area contributed by atoms with Gasteiger partial charge in [-0.25, -0.2) is 5.01 Å². The van der Waals surface area contributed by atoms with Crippen molar-refractivity contribution >= 4 is 43.4 Å². The third-order valence-electron chi connectivity index (χ3n) is 5.53. The van der Waals surface area contributed by atoms with Crippen LogP contribution in [0.1, 0.15) is 33.9 Å². The molecule has 0 fully saturated rings. The minimum atomic E-state index is -0.824. The van der Waals surface area contributed by atoms with Gasteiger partial charge in [-0.2, -0.15) is 5.10 Å². The van der Waals surface area contributed by atoms with E-state index in [1.807, 2.05) is 54.6 Å². The highest BCUT2D eigenvalue weighted by atomic mass is 79.9. The Bertz CT molecular complexity index is 1180. The van der Waals surface area contributed by atoms with Crippen molar-refractivity contribution in [3.63, 3.8) is 0 Å². The Kier molecular flexibility index (Phi) is 5.32. The zero-order chi connectivity index (χ0) is 21.5. The van der Waals surface area contributed by atoms with Crippen molar-refractivity contribution in [1.29, 1.82) is 0 Å². The maximum absolute atomic E-state index is 13.4. The van der Waals surface area contributed by atoms with E-state index < -0.39 is 6.23 Å². The predicted molar refractivity (Wildman–Crippen MR) is 126 cm³/mol. The van der Waals surface area contributed by atoms with E-state index in [0.29, 0.717) is 17.7 Å². The molecule has 0 N–H and O–H groups in total. The maximum atomic E-state index is 13.4. The van der Waals surface area contributed by atoms with Crippen LogP contribution in [0.5, 0.6) is 11.5 Å². The van der Waals surface area contributed by atoms with Crippen molar-refractivity contribution in [3.8, 4) is 11.5 Å². The second-order valence-corrected chi connectivity index (χ2v) is 9.23. The molecule has 2 atom stereocenters. The van der Waals surface area contributed by atoms with E-state index in [1.165, 1.54) is 0 Å². The van der Waals surface area contributed by atoms with Crippen LogP contribution in [0.4, 0.5) is 0 Å². The van der Waals surface area contributed by atoms with Gasteiger partial charge in [0.2, 0.25) is 5.78 Å². The highest BCUT2D eigenvalue weighted by molar-refractivity contribution is 9.10. The summed E-state index contributed by atoms with van der Waals surface area (Å²) in [6.07, 6.45) is -0.140. The minimum absolute atomic E-state index is 0.0808. The van der Waals surface area contributed by atoms with Crippen molar-refractivity contribution < 1.29 is 14.3 Å². The number of ether oxygens (including phenoxy) is 2. The SMILES string of the molecule is COc1ccc(C2=NN3C(C(=O)c4ccc(Br)cc4)Oc4ccc(Br)cc4C3C2)cc1. The van der Waals surface area contributed by atoms with Gasteiger partial charge in [-0.1, -0.05) is 44.0 Å². The summed E-state index contributed by atoms with van der Waals surface area (Å²) >= 11 is 6.97. The summed E-state index contributed by atoms with van der Waals surface area (Å²) in [5.74, 6) is 1.39. The number of Topliss-reactive ketones (excluding diaryl/α,β-unsaturated/α-hetero) is 1. The minimum Gasteiger partial charge on any atom is -0.497 e. The van der Waals surface area contributed by atoms with E-state index in [-0.39, 0.29) is 11.8 Å². The summed E-state index contributed by atoms with van der Waals surface area (Å²) in [5, 5.41) is 6.65. The molecular weight excluding hydrogens is 524 g/mol. The molecule has 0 radical (unpaired) electrons. The lowest BCUT2D eigenvalue weighted by Gasteiger charge is -2.37. The number of hydrogen-bond acceptors (Lipinski definition) is 5. The average Bonchev–Trinajstić information content (AvgIpc) is 3.24. The topological polar surface area (TPSA) is 51.1 Å². The zero-order valence-corrected chi connectivity index (χ0v) is 19.8. The van der Waals surface area contributed by atoms with Crippen LogP contribution in [0.3, 0.4) is 0 Å². The first-order chi connectivity index (χ1) is 15.0. The molecule has 31 heavy (non-hydrogen) atoms. The molecule has 0 saturated heterocycles. The first-order valence-corrected chi connectivity index (χ1v) is 11.4. The fourth-order valence-corrected chi connectivity index (χ4v) is 4.59. The quantitative estimate of drug-likeness (QED) is 0.382. The van der Waals surface area contributed by atoms with Crippen molar-refractivity contribution in [1.82, 2.24) is 5.01 Å². The molecule has 0 bridgehead atoms. The lowest BCUT2D eigenvalue weighted by Crippen LogP contribution is -2.45. The Balaban J connectivity index is 1.55. The van der Waals surface area contributed by atoms with Crippen molar-refractivity contribution in [3.05, 3.63) is 92.4 Å². The zero-order valence-electron chi connectivity index (χ0n) is 16.6. The smallest absolute Gasteiger partial charge is 0.251 e. The number of hydrazone groups is 1. The van der Waals surface area contributed by atoms with Crippen molar-refractivity contribution in [2.75, 3.05) is 7.11 Å². The fourth-order valence-electron chi connectivity index (χ4n) is 3.95. The van der Waals surface area contributed by atoms with Gasteiger partial charge in [0.15, 0.2) is 0 Å². The third-order valence-corrected chi connectivity index (χ3v) is 6.55. The van der Waals surface area contributed by atoms with Gasteiger partial charge in [-0.05, 0) is 60.2 Å². The Morgan fingerprint density at radius 1 is 1.03 bits per heavy atom. The summed E-state index contributed by atoms with van der Waals surface area (Å²) < 4.78 is 13.3. The number of nitrogens with zero attached hydrogens (tertiary/aromatic N) is 2. The van der Waals surface area contributed by atoms with Crippen LogP contribution in [-0.4, -0.2) is 29.8 Å². The highest BCUT2D eigenvalue weighted by Gasteiger charge is 2.43. The number of carbonyl (C=O) groups excluding carboxylic acids is 1. The van der Waals surface area contributed by atoms with Crippen molar-refractivity contribution in [2.45, 2.75) is 18.7 Å². The molecule has 5 nitrogen and oxygen atoms in total. The Morgan fingerprint density at radius 3 is 2.45 bits per heavy atom. The van der Waals surface area contributed by atoms with E-state index in [0.717, 1.165) is 31.5 Å². The summed E-state index contributed by atoms with van der Waals surface area (Å²) in [7, 11) is 1.65. The summed E-state index contributed by atoms with van der Waals surface area (Å²) in [6.45, 7) is 0. The average molecular weight is 542 g/mol. The first-order valence-electron chi connectivity index (χ1n) is 9.79. The molecule has 7 heteroatoms. The molecule has 0 aliphatic carbocycles. The molecule has 5 rings (SSSR count). The highest BCUT2D eigenvalue weighted by Crippen LogP contribution is 2.44. The molecule has 2 heterocycles. The number of methoxy groups -OCH3 is 1. The van der Waals surface area contributed by atoms with E-state index in [9.17, 15) is 4.79 Å². The van der Waals surface area contributed by atoms with Crippen LogP contribution in [0.25, 0.3) is 0 Å². The first kappa shape index (κ1) is 20.3. The van der Waals surface area contributed by atoms with Gasteiger partial charge in [0.1, 0.15) is 11.5 Å². The van der Waals surface area contributed by atoms with Crippen LogP contribution in [-0.2, 0) is 0 Å². The number of ketones is 1. The fraction of sp³-hybridized carbons (Fsp3) is 0.167. The molecule has 0 aromatic heterocycles. The number of carbonyl (C=O) groups is 1. The van der Waals surface area contributed by atoms with Crippen LogP contribution >= 0.6 is 31.9 Å². The molecular formula is C24H18Br2N2O3. The van der Waals surface area contributed by atoms with Gasteiger partial charge in [0.05, 0.1) is 18.9 Å². The van der Waals surface area contributed by atoms with Gasteiger partial charge >= 0.3 is 0 Å². The van der Waals surface area contributed by atoms with E-state index >= 15 is 0 Å². The van der Waals surface area contributed by atoms with Gasteiger partial charge in [-0.15, -0.1) is 0 Å². The monoisotopic (exact) mass is 540 g/mol. The molecule has 2 aliphatic heterocycles. The van der Waals surface area contributed by atoms with Gasteiger partial charge < -0.3 is 9.47 Å².